The fraction of sp³-hybridized carbons (Fsp3) is 0.0526. The lowest BCUT2D eigenvalue weighted by atomic mass is 9.35. The third-order valence-corrected chi connectivity index (χ3v) is 5.83. The lowest BCUT2D eigenvalue weighted by Crippen LogP contribution is -2.57. The SMILES string of the molecule is Cc1c(I)ccc2c1Oc1cccc3c1B2c1ccccc1O3. The van der Waals surface area contributed by atoms with Crippen LogP contribution in [0.1, 0.15) is 5.56 Å². The maximum Gasteiger partial charge on any atom is 0.260 e. The van der Waals surface area contributed by atoms with Gasteiger partial charge in [0.15, 0.2) is 0 Å². The molecule has 2 heterocycles. The minimum atomic E-state index is 0.172. The first-order valence-corrected chi connectivity index (χ1v) is 8.68. The maximum absolute atomic E-state index is 6.27. The van der Waals surface area contributed by atoms with Crippen LogP contribution < -0.4 is 25.9 Å². The standard InChI is InChI=1S/C19H12BIO2/c1-11-14(21)10-9-13-19(11)23-17-8-4-7-16-18(17)20(13)12-5-2-3-6-15(12)22-16/h2-10H,1H3. The van der Waals surface area contributed by atoms with Crippen molar-refractivity contribution >= 4 is 45.7 Å². The second kappa shape index (κ2) is 4.77. The first kappa shape index (κ1) is 13.5. The molecule has 4 heteroatoms. The van der Waals surface area contributed by atoms with Crippen molar-refractivity contribution < 1.29 is 9.47 Å². The molecule has 2 nitrogen and oxygen atoms in total. The topological polar surface area (TPSA) is 18.5 Å². The Morgan fingerprint density at radius 1 is 0.783 bits per heavy atom. The van der Waals surface area contributed by atoms with Gasteiger partial charge in [-0.25, -0.2) is 0 Å². The molecule has 0 unspecified atom stereocenters. The van der Waals surface area contributed by atoms with Crippen molar-refractivity contribution in [2.45, 2.75) is 6.92 Å². The smallest absolute Gasteiger partial charge is 0.260 e. The molecule has 0 radical (unpaired) electrons. The van der Waals surface area contributed by atoms with Gasteiger partial charge < -0.3 is 9.47 Å². The minimum absolute atomic E-state index is 0.172. The first-order chi connectivity index (χ1) is 11.2. The van der Waals surface area contributed by atoms with Gasteiger partial charge >= 0.3 is 0 Å². The highest BCUT2D eigenvalue weighted by Crippen LogP contribution is 2.36. The van der Waals surface area contributed by atoms with Crippen molar-refractivity contribution in [3.8, 4) is 23.0 Å². The van der Waals surface area contributed by atoms with Crippen LogP contribution in [-0.4, -0.2) is 6.71 Å². The summed E-state index contributed by atoms with van der Waals surface area (Å²) >= 11 is 2.37. The lowest BCUT2D eigenvalue weighted by Gasteiger charge is -2.33. The van der Waals surface area contributed by atoms with Gasteiger partial charge in [0.25, 0.3) is 6.71 Å². The Kier molecular flexibility index (Phi) is 2.80. The van der Waals surface area contributed by atoms with E-state index in [0.29, 0.717) is 0 Å². The van der Waals surface area contributed by atoms with Crippen LogP contribution in [0.3, 0.4) is 0 Å². The second-order valence-corrected chi connectivity index (χ2v) is 7.10. The van der Waals surface area contributed by atoms with E-state index in [9.17, 15) is 0 Å². The summed E-state index contributed by atoms with van der Waals surface area (Å²) < 4.78 is 13.6. The summed E-state index contributed by atoms with van der Waals surface area (Å²) in [4.78, 5) is 0. The summed E-state index contributed by atoms with van der Waals surface area (Å²) in [5.41, 5.74) is 4.76. The van der Waals surface area contributed by atoms with Crippen LogP contribution in [0.4, 0.5) is 0 Å². The van der Waals surface area contributed by atoms with E-state index in [0.717, 1.165) is 28.5 Å². The fourth-order valence-corrected chi connectivity index (χ4v) is 3.98. The zero-order valence-electron chi connectivity index (χ0n) is 12.5. The zero-order chi connectivity index (χ0) is 15.6. The number of rotatable bonds is 0. The summed E-state index contributed by atoms with van der Waals surface area (Å²) in [7, 11) is 0. The fourth-order valence-electron chi connectivity index (χ4n) is 3.56. The van der Waals surface area contributed by atoms with Gasteiger partial charge in [0.1, 0.15) is 23.0 Å². The van der Waals surface area contributed by atoms with Crippen molar-refractivity contribution in [2.75, 3.05) is 0 Å². The second-order valence-electron chi connectivity index (χ2n) is 5.93. The van der Waals surface area contributed by atoms with Gasteiger partial charge in [0.2, 0.25) is 0 Å². The van der Waals surface area contributed by atoms with Gasteiger partial charge in [-0.05, 0) is 64.7 Å². The summed E-state index contributed by atoms with van der Waals surface area (Å²) in [5, 5.41) is 0. The molecule has 110 valence electrons. The molecule has 0 bridgehead atoms. The largest absolute Gasteiger partial charge is 0.458 e. The lowest BCUT2D eigenvalue weighted by molar-refractivity contribution is 0.462. The summed E-state index contributed by atoms with van der Waals surface area (Å²) in [5.74, 6) is 3.72. The third kappa shape index (κ3) is 1.81. The Hall–Kier alpha value is -1.95. The number of hydrogen-bond donors (Lipinski definition) is 0. The van der Waals surface area contributed by atoms with Crippen molar-refractivity contribution in [3.05, 3.63) is 63.7 Å². The predicted octanol–water partition coefficient (Wildman–Crippen LogP) is 3.33. The van der Waals surface area contributed by atoms with Crippen LogP contribution in [0.2, 0.25) is 0 Å². The van der Waals surface area contributed by atoms with Gasteiger partial charge in [-0.2, -0.15) is 0 Å². The van der Waals surface area contributed by atoms with Crippen LogP contribution in [0.25, 0.3) is 0 Å². The van der Waals surface area contributed by atoms with E-state index in [1.807, 2.05) is 30.3 Å². The number of benzene rings is 3. The minimum Gasteiger partial charge on any atom is -0.458 e. The van der Waals surface area contributed by atoms with E-state index >= 15 is 0 Å². The summed E-state index contributed by atoms with van der Waals surface area (Å²) in [6.45, 7) is 2.30. The summed E-state index contributed by atoms with van der Waals surface area (Å²) in [6.07, 6.45) is 0. The van der Waals surface area contributed by atoms with Gasteiger partial charge in [-0.15, -0.1) is 0 Å². The van der Waals surface area contributed by atoms with Crippen molar-refractivity contribution in [3.63, 3.8) is 0 Å². The highest BCUT2D eigenvalue weighted by molar-refractivity contribution is 14.1. The van der Waals surface area contributed by atoms with E-state index in [2.05, 4.69) is 53.8 Å². The van der Waals surface area contributed by atoms with Crippen molar-refractivity contribution in [2.24, 2.45) is 0 Å². The molecule has 0 aromatic heterocycles. The van der Waals surface area contributed by atoms with Crippen LogP contribution in [0, 0.1) is 10.5 Å². The molecule has 0 fully saturated rings. The van der Waals surface area contributed by atoms with Crippen LogP contribution >= 0.6 is 22.6 Å². The Morgan fingerprint density at radius 3 is 2.39 bits per heavy atom. The van der Waals surface area contributed by atoms with Gasteiger partial charge in [-0.1, -0.05) is 30.3 Å². The van der Waals surface area contributed by atoms with Crippen LogP contribution in [0.15, 0.2) is 54.6 Å². The van der Waals surface area contributed by atoms with E-state index < -0.39 is 0 Å². The maximum atomic E-state index is 6.27. The van der Waals surface area contributed by atoms with Gasteiger partial charge in [0, 0.05) is 14.6 Å². The molecular formula is C19H12BIO2. The van der Waals surface area contributed by atoms with E-state index in [1.165, 1.54) is 20.1 Å². The number of halogens is 1. The average Bonchev–Trinajstić information content (AvgIpc) is 2.58. The number of fused-ring (bicyclic) bond motifs is 4. The normalized spacial score (nSPS) is 13.4. The number of para-hydroxylation sites is 1. The predicted molar refractivity (Wildman–Crippen MR) is 102 cm³/mol. The molecule has 0 spiro atoms. The molecule has 0 amide bonds. The summed E-state index contributed by atoms with van der Waals surface area (Å²) in [6, 6.07) is 18.7. The molecule has 3 aromatic rings. The van der Waals surface area contributed by atoms with E-state index in [1.54, 1.807) is 0 Å². The van der Waals surface area contributed by atoms with Gasteiger partial charge in [0.05, 0.1) is 0 Å². The zero-order valence-corrected chi connectivity index (χ0v) is 14.6. The Labute approximate surface area is 148 Å². The van der Waals surface area contributed by atoms with Gasteiger partial charge in [-0.3, -0.25) is 0 Å². The molecule has 0 N–H and O–H groups in total. The molecule has 0 atom stereocenters. The Balaban J connectivity index is 1.87. The first-order valence-electron chi connectivity index (χ1n) is 7.60. The molecule has 0 saturated heterocycles. The highest BCUT2D eigenvalue weighted by atomic mass is 127. The molecule has 2 aliphatic rings. The van der Waals surface area contributed by atoms with Crippen LogP contribution in [0.5, 0.6) is 23.0 Å². The molecule has 23 heavy (non-hydrogen) atoms. The molecule has 0 saturated carbocycles. The molecule has 0 aliphatic carbocycles. The number of ether oxygens (including phenoxy) is 2. The average molecular weight is 410 g/mol. The Morgan fingerprint density at radius 2 is 1.52 bits per heavy atom. The van der Waals surface area contributed by atoms with E-state index in [4.69, 9.17) is 9.47 Å². The highest BCUT2D eigenvalue weighted by Gasteiger charge is 2.40. The van der Waals surface area contributed by atoms with E-state index in [-0.39, 0.29) is 6.71 Å². The third-order valence-electron chi connectivity index (χ3n) is 4.66. The molecule has 2 aliphatic heterocycles. The molecular weight excluding hydrogens is 398 g/mol. The quantitative estimate of drug-likeness (QED) is 0.288. The Bertz CT molecular complexity index is 968. The number of hydrogen-bond acceptors (Lipinski definition) is 2. The van der Waals surface area contributed by atoms with Crippen molar-refractivity contribution in [1.29, 1.82) is 0 Å². The monoisotopic (exact) mass is 410 g/mol. The molecule has 3 aromatic carbocycles. The van der Waals surface area contributed by atoms with Crippen molar-refractivity contribution in [1.82, 2.24) is 0 Å². The van der Waals surface area contributed by atoms with Crippen LogP contribution in [-0.2, 0) is 0 Å². The molecule has 5 rings (SSSR count).